The van der Waals surface area contributed by atoms with Crippen LogP contribution in [0.4, 0.5) is 0 Å². The highest BCUT2D eigenvalue weighted by atomic mass is 79.9. The standard InChI is InChI=1S/C11H16BrNO3S/c1-15-5-4-13(8-11(14)16-2)7-10-9(12)3-6-17-10/h3,6H,4-5,7-8H2,1-2H3. The van der Waals surface area contributed by atoms with Crippen LogP contribution >= 0.6 is 27.3 Å². The van der Waals surface area contributed by atoms with Gasteiger partial charge in [0.05, 0.1) is 20.3 Å². The number of halogens is 1. The summed E-state index contributed by atoms with van der Waals surface area (Å²) < 4.78 is 10.8. The largest absolute Gasteiger partial charge is 0.468 e. The van der Waals surface area contributed by atoms with Crippen molar-refractivity contribution in [2.45, 2.75) is 6.54 Å². The molecular formula is C11H16BrNO3S. The van der Waals surface area contributed by atoms with Crippen LogP contribution in [-0.4, -0.2) is 44.8 Å². The third kappa shape index (κ3) is 5.16. The lowest BCUT2D eigenvalue weighted by atomic mass is 10.4. The number of carbonyl (C=O) groups is 1. The van der Waals surface area contributed by atoms with Gasteiger partial charge in [-0.15, -0.1) is 11.3 Å². The molecule has 0 fully saturated rings. The van der Waals surface area contributed by atoms with Gasteiger partial charge in [-0.25, -0.2) is 0 Å². The van der Waals surface area contributed by atoms with Crippen LogP contribution in [0.15, 0.2) is 15.9 Å². The van der Waals surface area contributed by atoms with Gasteiger partial charge in [0.15, 0.2) is 0 Å². The summed E-state index contributed by atoms with van der Waals surface area (Å²) in [7, 11) is 3.05. The van der Waals surface area contributed by atoms with Crippen molar-refractivity contribution in [3.63, 3.8) is 0 Å². The normalized spacial score (nSPS) is 10.8. The average molecular weight is 322 g/mol. The molecule has 96 valence electrons. The van der Waals surface area contributed by atoms with Gasteiger partial charge in [-0.05, 0) is 27.4 Å². The predicted molar refractivity (Wildman–Crippen MR) is 71.2 cm³/mol. The summed E-state index contributed by atoms with van der Waals surface area (Å²) in [5.74, 6) is -0.228. The van der Waals surface area contributed by atoms with E-state index in [4.69, 9.17) is 4.74 Å². The number of carbonyl (C=O) groups excluding carboxylic acids is 1. The topological polar surface area (TPSA) is 38.8 Å². The minimum Gasteiger partial charge on any atom is -0.468 e. The van der Waals surface area contributed by atoms with Gasteiger partial charge in [-0.3, -0.25) is 9.69 Å². The summed E-state index contributed by atoms with van der Waals surface area (Å²) in [5, 5.41) is 2.02. The quantitative estimate of drug-likeness (QED) is 0.721. The number of hydrogen-bond donors (Lipinski definition) is 0. The van der Waals surface area contributed by atoms with Crippen LogP contribution in [0, 0.1) is 0 Å². The Balaban J connectivity index is 2.56. The van der Waals surface area contributed by atoms with E-state index in [1.54, 1.807) is 18.4 Å². The molecule has 1 aromatic heterocycles. The number of rotatable bonds is 7. The van der Waals surface area contributed by atoms with E-state index in [-0.39, 0.29) is 12.5 Å². The molecule has 0 N–H and O–H groups in total. The Kier molecular flexibility index (Phi) is 6.72. The van der Waals surface area contributed by atoms with Gasteiger partial charge in [0, 0.05) is 29.5 Å². The number of ether oxygens (including phenoxy) is 2. The van der Waals surface area contributed by atoms with Crippen molar-refractivity contribution in [1.82, 2.24) is 4.90 Å². The molecule has 0 aliphatic carbocycles. The van der Waals surface area contributed by atoms with Gasteiger partial charge in [0.2, 0.25) is 0 Å². The van der Waals surface area contributed by atoms with Gasteiger partial charge in [0.1, 0.15) is 0 Å². The minimum atomic E-state index is -0.228. The van der Waals surface area contributed by atoms with Crippen molar-refractivity contribution in [2.75, 3.05) is 33.9 Å². The fourth-order valence-electron chi connectivity index (χ4n) is 1.32. The van der Waals surface area contributed by atoms with Crippen LogP contribution in [-0.2, 0) is 20.8 Å². The van der Waals surface area contributed by atoms with Gasteiger partial charge in [-0.2, -0.15) is 0 Å². The molecular weight excluding hydrogens is 306 g/mol. The second-order valence-corrected chi connectivity index (χ2v) is 5.33. The van der Waals surface area contributed by atoms with Crippen molar-refractivity contribution >= 4 is 33.2 Å². The van der Waals surface area contributed by atoms with Gasteiger partial charge >= 0.3 is 5.97 Å². The van der Waals surface area contributed by atoms with Crippen molar-refractivity contribution in [3.8, 4) is 0 Å². The number of nitrogens with zero attached hydrogens (tertiary/aromatic N) is 1. The lowest BCUT2D eigenvalue weighted by Crippen LogP contribution is -2.32. The Hall–Kier alpha value is -0.430. The van der Waals surface area contributed by atoms with Crippen LogP contribution in [0.25, 0.3) is 0 Å². The van der Waals surface area contributed by atoms with Crippen LogP contribution in [0.5, 0.6) is 0 Å². The highest BCUT2D eigenvalue weighted by Crippen LogP contribution is 2.24. The van der Waals surface area contributed by atoms with E-state index in [2.05, 4.69) is 20.7 Å². The van der Waals surface area contributed by atoms with Crippen molar-refractivity contribution < 1.29 is 14.3 Å². The van der Waals surface area contributed by atoms with Gasteiger partial charge in [0.25, 0.3) is 0 Å². The molecule has 0 saturated heterocycles. The minimum absolute atomic E-state index is 0.228. The predicted octanol–water partition coefficient (Wildman–Crippen LogP) is 2.13. The lowest BCUT2D eigenvalue weighted by molar-refractivity contribution is -0.142. The van der Waals surface area contributed by atoms with Crippen LogP contribution in [0.2, 0.25) is 0 Å². The SMILES string of the molecule is COCCN(CC(=O)OC)Cc1sccc1Br. The highest BCUT2D eigenvalue weighted by Gasteiger charge is 2.13. The summed E-state index contributed by atoms with van der Waals surface area (Å²) >= 11 is 5.15. The first-order chi connectivity index (χ1) is 8.17. The van der Waals surface area contributed by atoms with Crippen molar-refractivity contribution in [2.24, 2.45) is 0 Å². The third-order valence-corrected chi connectivity index (χ3v) is 4.16. The Bertz CT molecular complexity index is 356. The molecule has 1 heterocycles. The second kappa shape index (κ2) is 7.81. The molecule has 0 saturated carbocycles. The maximum absolute atomic E-state index is 11.3. The highest BCUT2D eigenvalue weighted by molar-refractivity contribution is 9.10. The average Bonchev–Trinajstić information content (AvgIpc) is 2.71. The van der Waals surface area contributed by atoms with E-state index in [0.717, 1.165) is 11.0 Å². The monoisotopic (exact) mass is 321 g/mol. The van der Waals surface area contributed by atoms with E-state index in [9.17, 15) is 4.79 Å². The molecule has 0 bridgehead atoms. The summed E-state index contributed by atoms with van der Waals surface area (Å²) in [6, 6.07) is 2.01. The van der Waals surface area contributed by atoms with Crippen LogP contribution in [0.1, 0.15) is 4.88 Å². The molecule has 0 spiro atoms. The summed E-state index contributed by atoms with van der Waals surface area (Å²) in [6.07, 6.45) is 0. The molecule has 0 unspecified atom stereocenters. The fourth-order valence-corrected chi connectivity index (χ4v) is 2.84. The molecule has 0 aliphatic rings. The molecule has 4 nitrogen and oxygen atoms in total. The zero-order chi connectivity index (χ0) is 12.7. The Morgan fingerprint density at radius 3 is 2.82 bits per heavy atom. The lowest BCUT2D eigenvalue weighted by Gasteiger charge is -2.20. The summed E-state index contributed by atoms with van der Waals surface area (Å²) in [6.45, 7) is 2.30. The van der Waals surface area contributed by atoms with E-state index >= 15 is 0 Å². The van der Waals surface area contributed by atoms with Gasteiger partial charge < -0.3 is 9.47 Å². The molecule has 0 atom stereocenters. The number of methoxy groups -OCH3 is 2. The van der Waals surface area contributed by atoms with Crippen LogP contribution in [0.3, 0.4) is 0 Å². The van der Waals surface area contributed by atoms with Gasteiger partial charge in [-0.1, -0.05) is 0 Å². The summed E-state index contributed by atoms with van der Waals surface area (Å²) in [5.41, 5.74) is 0. The van der Waals surface area contributed by atoms with Crippen LogP contribution < -0.4 is 0 Å². The van der Waals surface area contributed by atoms with E-state index in [1.165, 1.54) is 12.0 Å². The third-order valence-electron chi connectivity index (χ3n) is 2.25. The molecule has 0 aromatic carbocycles. The zero-order valence-electron chi connectivity index (χ0n) is 9.94. The molecule has 17 heavy (non-hydrogen) atoms. The second-order valence-electron chi connectivity index (χ2n) is 3.47. The molecule has 0 amide bonds. The maximum atomic E-state index is 11.3. The molecule has 6 heteroatoms. The first kappa shape index (κ1) is 14.6. The maximum Gasteiger partial charge on any atom is 0.319 e. The van der Waals surface area contributed by atoms with E-state index < -0.39 is 0 Å². The zero-order valence-corrected chi connectivity index (χ0v) is 12.3. The van der Waals surface area contributed by atoms with Crippen molar-refractivity contribution in [1.29, 1.82) is 0 Å². The fraction of sp³-hybridized carbons (Fsp3) is 0.545. The summed E-state index contributed by atoms with van der Waals surface area (Å²) in [4.78, 5) is 14.5. The Morgan fingerprint density at radius 1 is 1.53 bits per heavy atom. The molecule has 0 aliphatic heterocycles. The van der Waals surface area contributed by atoms with E-state index in [0.29, 0.717) is 13.2 Å². The molecule has 0 radical (unpaired) electrons. The number of thiophene rings is 1. The van der Waals surface area contributed by atoms with E-state index in [1.807, 2.05) is 16.3 Å². The number of hydrogen-bond acceptors (Lipinski definition) is 5. The Labute approximate surface area is 114 Å². The first-order valence-corrected chi connectivity index (χ1v) is 6.84. The smallest absolute Gasteiger partial charge is 0.319 e. The number of esters is 1. The molecule has 1 aromatic rings. The first-order valence-electron chi connectivity index (χ1n) is 5.17. The molecule has 1 rings (SSSR count). The van der Waals surface area contributed by atoms with Crippen molar-refractivity contribution in [3.05, 3.63) is 20.8 Å². The Morgan fingerprint density at radius 2 is 2.29 bits per heavy atom.